The smallest absolute Gasteiger partial charge is 0.416 e. The van der Waals surface area contributed by atoms with E-state index in [1.54, 1.807) is 6.20 Å². The summed E-state index contributed by atoms with van der Waals surface area (Å²) >= 11 is 7.01. The number of hydrogen-bond acceptors (Lipinski definition) is 6. The Kier molecular flexibility index (Phi) is 7.10. The zero-order valence-electron chi connectivity index (χ0n) is 13.8. The van der Waals surface area contributed by atoms with Crippen LogP contribution in [0.4, 0.5) is 24.5 Å². The first-order valence-corrected chi connectivity index (χ1v) is 8.85. The van der Waals surface area contributed by atoms with E-state index in [1.807, 2.05) is 0 Å². The number of benzene rings is 1. The zero-order chi connectivity index (χ0) is 19.2. The lowest BCUT2D eigenvalue weighted by Crippen LogP contribution is -2.11. The first-order chi connectivity index (χ1) is 12.3. The van der Waals surface area contributed by atoms with Crippen LogP contribution in [0.1, 0.15) is 23.3 Å². The average Bonchev–Trinajstić information content (AvgIpc) is 3.01. The van der Waals surface area contributed by atoms with Crippen molar-refractivity contribution in [2.75, 3.05) is 24.3 Å². The molecule has 0 saturated heterocycles. The summed E-state index contributed by atoms with van der Waals surface area (Å²) in [5.41, 5.74) is 0.0725. The van der Waals surface area contributed by atoms with Crippen LogP contribution in [0, 0.1) is 0 Å². The fourth-order valence-corrected chi connectivity index (χ4v) is 3.04. The summed E-state index contributed by atoms with van der Waals surface area (Å²) in [5.74, 6) is -0.334. The maximum absolute atomic E-state index is 13.0. The molecule has 0 spiro atoms. The van der Waals surface area contributed by atoms with Crippen molar-refractivity contribution in [3.05, 3.63) is 39.3 Å². The van der Waals surface area contributed by atoms with Gasteiger partial charge >= 0.3 is 12.1 Å². The lowest BCUT2D eigenvalue weighted by atomic mass is 10.1. The van der Waals surface area contributed by atoms with E-state index in [-0.39, 0.29) is 12.4 Å². The third kappa shape index (κ3) is 6.06. The van der Waals surface area contributed by atoms with Gasteiger partial charge in [0.25, 0.3) is 0 Å². The highest BCUT2D eigenvalue weighted by atomic mass is 35.5. The Morgan fingerprint density at radius 1 is 1.31 bits per heavy atom. The van der Waals surface area contributed by atoms with E-state index in [1.165, 1.54) is 24.5 Å². The van der Waals surface area contributed by atoms with Crippen molar-refractivity contribution < 1.29 is 22.7 Å². The number of esters is 1. The molecule has 0 amide bonds. The molecule has 2 N–H and O–H groups in total. The second-order valence-corrected chi connectivity index (χ2v) is 6.99. The van der Waals surface area contributed by atoms with Crippen LogP contribution in [0.15, 0.2) is 24.4 Å². The molecule has 0 aliphatic heterocycles. The molecule has 2 rings (SSSR count). The van der Waals surface area contributed by atoms with E-state index < -0.39 is 11.7 Å². The molecule has 0 radical (unpaired) electrons. The minimum absolute atomic E-state index is 0.228. The molecular weight excluding hydrogens is 391 g/mol. The van der Waals surface area contributed by atoms with Gasteiger partial charge in [-0.1, -0.05) is 11.6 Å². The molecule has 0 atom stereocenters. The third-order valence-corrected chi connectivity index (χ3v) is 4.54. The molecular formula is C16H17ClF3N3O2S. The molecule has 0 bridgehead atoms. The van der Waals surface area contributed by atoms with Gasteiger partial charge in [0.15, 0.2) is 4.47 Å². The van der Waals surface area contributed by atoms with E-state index in [0.717, 1.165) is 17.0 Å². The highest BCUT2D eigenvalue weighted by Gasteiger charge is 2.31. The summed E-state index contributed by atoms with van der Waals surface area (Å²) in [6, 6.07) is 3.42. The van der Waals surface area contributed by atoms with Crippen LogP contribution >= 0.6 is 22.9 Å². The predicted molar refractivity (Wildman–Crippen MR) is 95.6 cm³/mol. The van der Waals surface area contributed by atoms with E-state index >= 15 is 0 Å². The second kappa shape index (κ2) is 9.09. The molecule has 0 saturated carbocycles. The number of hydrogen-bond donors (Lipinski definition) is 2. The standard InChI is InChI=1S/C16H17ClF3N3O2S/c1-25-14(24)3-2-6-21-12-5-4-10(16(18,19)20)7-13(12)22-8-11-9-23-15(17)26-11/h4-5,7,9,21-22H,2-3,6,8H2,1H3. The number of carbonyl (C=O) groups excluding carboxylic acids is 1. The van der Waals surface area contributed by atoms with Gasteiger partial charge in [-0.2, -0.15) is 13.2 Å². The van der Waals surface area contributed by atoms with Crippen molar-refractivity contribution in [2.45, 2.75) is 25.6 Å². The zero-order valence-corrected chi connectivity index (χ0v) is 15.4. The quantitative estimate of drug-likeness (QED) is 0.486. The molecule has 0 aliphatic rings. The molecule has 10 heteroatoms. The lowest BCUT2D eigenvalue weighted by Gasteiger charge is -2.16. The van der Waals surface area contributed by atoms with Gasteiger partial charge in [0.1, 0.15) is 0 Å². The van der Waals surface area contributed by atoms with Gasteiger partial charge in [-0.15, -0.1) is 11.3 Å². The Hall–Kier alpha value is -2.00. The predicted octanol–water partition coefficient (Wildman–Crippen LogP) is 4.79. The summed E-state index contributed by atoms with van der Waals surface area (Å²) in [5, 5.41) is 6.01. The monoisotopic (exact) mass is 407 g/mol. The van der Waals surface area contributed by atoms with Crippen LogP contribution in [0.3, 0.4) is 0 Å². The van der Waals surface area contributed by atoms with Gasteiger partial charge in [-0.3, -0.25) is 4.79 Å². The van der Waals surface area contributed by atoms with Crippen LogP contribution in [0.2, 0.25) is 4.47 Å². The van der Waals surface area contributed by atoms with Crippen molar-refractivity contribution in [1.29, 1.82) is 0 Å². The van der Waals surface area contributed by atoms with Crippen molar-refractivity contribution >= 4 is 40.3 Å². The number of alkyl halides is 3. The van der Waals surface area contributed by atoms with Gasteiger partial charge < -0.3 is 15.4 Å². The number of aromatic nitrogens is 1. The van der Waals surface area contributed by atoms with Crippen LogP contribution < -0.4 is 10.6 Å². The number of nitrogens with one attached hydrogen (secondary N) is 2. The van der Waals surface area contributed by atoms with Crippen LogP contribution in [-0.4, -0.2) is 24.6 Å². The highest BCUT2D eigenvalue weighted by Crippen LogP contribution is 2.34. The molecule has 0 unspecified atom stereocenters. The normalized spacial score (nSPS) is 11.3. The largest absolute Gasteiger partial charge is 0.469 e. The topological polar surface area (TPSA) is 63.2 Å². The Bertz CT molecular complexity index is 753. The number of carbonyl (C=O) groups is 1. The molecule has 142 valence electrons. The average molecular weight is 408 g/mol. The lowest BCUT2D eigenvalue weighted by molar-refractivity contribution is -0.140. The van der Waals surface area contributed by atoms with Crippen molar-refractivity contribution in [3.63, 3.8) is 0 Å². The van der Waals surface area contributed by atoms with E-state index in [9.17, 15) is 18.0 Å². The first-order valence-electron chi connectivity index (χ1n) is 7.65. The van der Waals surface area contributed by atoms with Gasteiger partial charge in [-0.25, -0.2) is 4.98 Å². The molecule has 1 heterocycles. The molecule has 5 nitrogen and oxygen atoms in total. The van der Waals surface area contributed by atoms with Gasteiger partial charge in [-0.05, 0) is 24.6 Å². The van der Waals surface area contributed by atoms with Crippen LogP contribution in [0.25, 0.3) is 0 Å². The maximum atomic E-state index is 13.0. The van der Waals surface area contributed by atoms with Crippen molar-refractivity contribution in [3.8, 4) is 0 Å². The van der Waals surface area contributed by atoms with E-state index in [2.05, 4.69) is 20.4 Å². The number of methoxy groups -OCH3 is 1. The maximum Gasteiger partial charge on any atom is 0.416 e. The summed E-state index contributed by atoms with van der Waals surface area (Å²) in [4.78, 5) is 15.8. The molecule has 0 aliphatic carbocycles. The Morgan fingerprint density at radius 3 is 2.69 bits per heavy atom. The number of nitrogens with zero attached hydrogens (tertiary/aromatic N) is 1. The highest BCUT2D eigenvalue weighted by molar-refractivity contribution is 7.15. The summed E-state index contributed by atoms with van der Waals surface area (Å²) in [6.07, 6.45) is -2.14. The minimum atomic E-state index is -4.44. The number of ether oxygens (including phenoxy) is 1. The second-order valence-electron chi connectivity index (χ2n) is 5.30. The van der Waals surface area contributed by atoms with Gasteiger partial charge in [0, 0.05) is 24.0 Å². The summed E-state index contributed by atoms with van der Waals surface area (Å²) in [7, 11) is 1.30. The van der Waals surface area contributed by atoms with Gasteiger partial charge in [0.05, 0.1) is 30.6 Å². The first kappa shape index (κ1) is 20.3. The number of rotatable bonds is 8. The SMILES string of the molecule is COC(=O)CCCNc1ccc(C(F)(F)F)cc1NCc1cnc(Cl)s1. The van der Waals surface area contributed by atoms with E-state index in [4.69, 9.17) is 11.6 Å². The Labute approximate surface area is 157 Å². The fourth-order valence-electron chi connectivity index (χ4n) is 2.13. The van der Waals surface area contributed by atoms with Crippen molar-refractivity contribution in [1.82, 2.24) is 4.98 Å². The minimum Gasteiger partial charge on any atom is -0.469 e. The summed E-state index contributed by atoms with van der Waals surface area (Å²) < 4.78 is 43.8. The Balaban J connectivity index is 2.08. The summed E-state index contributed by atoms with van der Waals surface area (Å²) in [6.45, 7) is 0.712. The molecule has 1 aromatic heterocycles. The molecule has 1 aromatic carbocycles. The molecule has 2 aromatic rings. The molecule has 26 heavy (non-hydrogen) atoms. The molecule has 0 fully saturated rings. The number of halogens is 4. The fraction of sp³-hybridized carbons (Fsp3) is 0.375. The Morgan fingerprint density at radius 2 is 2.08 bits per heavy atom. The van der Waals surface area contributed by atoms with E-state index in [0.29, 0.717) is 35.4 Å². The third-order valence-electron chi connectivity index (χ3n) is 3.43. The van der Waals surface area contributed by atoms with Gasteiger partial charge in [0.2, 0.25) is 0 Å². The van der Waals surface area contributed by atoms with Crippen molar-refractivity contribution in [2.24, 2.45) is 0 Å². The van der Waals surface area contributed by atoms with Crippen LogP contribution in [-0.2, 0) is 22.3 Å². The number of thiazole rings is 1. The number of anilines is 2. The van der Waals surface area contributed by atoms with Crippen LogP contribution in [0.5, 0.6) is 0 Å².